The van der Waals surface area contributed by atoms with Crippen molar-refractivity contribution in [1.29, 1.82) is 5.26 Å². The van der Waals surface area contributed by atoms with Gasteiger partial charge < -0.3 is 15.0 Å². The fourth-order valence-corrected chi connectivity index (χ4v) is 2.96. The number of anilines is 2. The number of rotatable bonds is 6. The van der Waals surface area contributed by atoms with Crippen LogP contribution in [0.2, 0.25) is 5.02 Å². The van der Waals surface area contributed by atoms with Crippen molar-refractivity contribution in [3.8, 4) is 11.9 Å². The van der Waals surface area contributed by atoms with E-state index in [1.165, 1.54) is 6.20 Å². The molecule has 0 amide bonds. The number of halogens is 1. The van der Waals surface area contributed by atoms with E-state index in [1.54, 1.807) is 30.9 Å². The molecule has 0 bridgehead atoms. The Morgan fingerprint density at radius 2 is 2.11 bits per heavy atom. The molecule has 1 saturated heterocycles. The Morgan fingerprint density at radius 1 is 1.37 bits per heavy atom. The molecule has 0 saturated carbocycles. The van der Waals surface area contributed by atoms with Gasteiger partial charge in [-0.25, -0.2) is 4.98 Å². The van der Waals surface area contributed by atoms with Gasteiger partial charge in [-0.15, -0.1) is 0 Å². The summed E-state index contributed by atoms with van der Waals surface area (Å²) in [6.45, 7) is 6.34. The summed E-state index contributed by atoms with van der Waals surface area (Å²) in [6.07, 6.45) is 7.09. The normalized spacial score (nSPS) is 16.1. The van der Waals surface area contributed by atoms with Gasteiger partial charge in [-0.3, -0.25) is 4.68 Å². The van der Waals surface area contributed by atoms with Gasteiger partial charge in [-0.05, 0) is 52.7 Å². The molecule has 0 aromatic carbocycles. The molecule has 2 aromatic rings. The molecule has 8 nitrogen and oxygen atoms in total. The third-order valence-corrected chi connectivity index (χ3v) is 4.95. The average molecular weight is 390 g/mol. The first-order valence-electron chi connectivity index (χ1n) is 8.94. The number of hydrogen-bond acceptors (Lipinski definition) is 7. The molecule has 0 atom stereocenters. The number of nitrogens with zero attached hydrogens (tertiary/aromatic N) is 6. The van der Waals surface area contributed by atoms with Gasteiger partial charge in [0.05, 0.1) is 37.0 Å². The summed E-state index contributed by atoms with van der Waals surface area (Å²) < 4.78 is 7.45. The molecule has 0 aliphatic carbocycles. The monoisotopic (exact) mass is 389 g/mol. The molecule has 2 aromatic heterocycles. The lowest BCUT2D eigenvalue weighted by Crippen LogP contribution is -2.32. The highest BCUT2D eigenvalue weighted by Gasteiger charge is 2.21. The van der Waals surface area contributed by atoms with Gasteiger partial charge in [-0.2, -0.15) is 15.3 Å². The maximum atomic E-state index is 9.20. The minimum atomic E-state index is -0.733. The topological polar surface area (TPSA) is 91.9 Å². The van der Waals surface area contributed by atoms with E-state index in [1.807, 2.05) is 0 Å². The molecule has 0 radical (unpaired) electrons. The summed E-state index contributed by atoms with van der Waals surface area (Å²) in [5.41, 5.74) is -0.0507. The minimum Gasteiger partial charge on any atom is -0.476 e. The number of aromatic nitrogens is 4. The first-order chi connectivity index (χ1) is 12.9. The van der Waals surface area contributed by atoms with Crippen LogP contribution in [0, 0.1) is 17.2 Å². The summed E-state index contributed by atoms with van der Waals surface area (Å²) in [7, 11) is 2.14. The van der Waals surface area contributed by atoms with E-state index in [9.17, 15) is 5.26 Å². The fourth-order valence-electron chi connectivity index (χ4n) is 2.81. The Balaban J connectivity index is 1.64. The number of hydrogen-bond donors (Lipinski definition) is 1. The zero-order valence-electron chi connectivity index (χ0n) is 15.8. The number of likely N-dealkylation sites (tertiary alicyclic amines) is 1. The number of nitriles is 1. The van der Waals surface area contributed by atoms with Gasteiger partial charge in [0.15, 0.2) is 0 Å². The van der Waals surface area contributed by atoms with Crippen molar-refractivity contribution in [1.82, 2.24) is 24.6 Å². The van der Waals surface area contributed by atoms with Gasteiger partial charge in [0, 0.05) is 0 Å². The van der Waals surface area contributed by atoms with Gasteiger partial charge in [0.25, 0.3) is 0 Å². The zero-order valence-corrected chi connectivity index (χ0v) is 16.6. The average Bonchev–Trinajstić information content (AvgIpc) is 3.13. The Bertz CT molecular complexity index is 821. The molecular weight excluding hydrogens is 366 g/mol. The predicted octanol–water partition coefficient (Wildman–Crippen LogP) is 3.05. The summed E-state index contributed by atoms with van der Waals surface area (Å²) >= 11 is 6.18. The molecule has 1 aliphatic rings. The largest absolute Gasteiger partial charge is 0.476 e. The van der Waals surface area contributed by atoms with Crippen LogP contribution in [-0.4, -0.2) is 51.4 Å². The van der Waals surface area contributed by atoms with E-state index in [4.69, 9.17) is 16.3 Å². The van der Waals surface area contributed by atoms with Gasteiger partial charge in [-0.1, -0.05) is 11.6 Å². The van der Waals surface area contributed by atoms with Crippen LogP contribution >= 0.6 is 11.6 Å². The van der Waals surface area contributed by atoms with E-state index in [0.717, 1.165) is 25.9 Å². The van der Waals surface area contributed by atoms with Crippen molar-refractivity contribution in [2.75, 3.05) is 32.1 Å². The van der Waals surface area contributed by atoms with Crippen LogP contribution in [0.4, 0.5) is 11.6 Å². The second-order valence-corrected chi connectivity index (χ2v) is 7.78. The van der Waals surface area contributed by atoms with E-state index in [2.05, 4.69) is 38.4 Å². The summed E-state index contributed by atoms with van der Waals surface area (Å²) in [6, 6.07) is 2.20. The predicted molar refractivity (Wildman–Crippen MR) is 103 cm³/mol. The SMILES string of the molecule is CN1CCC(COc2nc(Nc3cnn(C(C)(C)C#N)c3)ncc2Cl)CC1. The standard InChI is InChI=1S/C18H24ClN7O/c1-18(2,12-20)26-10-14(8-22-26)23-17-21-9-15(19)16(24-17)27-11-13-4-6-25(3)7-5-13/h8-10,13H,4-7,11H2,1-3H3,(H,21,23,24). The van der Waals surface area contributed by atoms with Crippen molar-refractivity contribution in [2.45, 2.75) is 32.2 Å². The highest BCUT2D eigenvalue weighted by atomic mass is 35.5. The van der Waals surface area contributed by atoms with E-state index in [0.29, 0.717) is 35.1 Å². The lowest BCUT2D eigenvalue weighted by molar-refractivity contribution is 0.157. The smallest absolute Gasteiger partial charge is 0.237 e. The third kappa shape index (κ3) is 4.87. The maximum absolute atomic E-state index is 9.20. The molecule has 3 heterocycles. The van der Waals surface area contributed by atoms with Gasteiger partial charge >= 0.3 is 0 Å². The van der Waals surface area contributed by atoms with Crippen LogP contribution < -0.4 is 10.1 Å². The van der Waals surface area contributed by atoms with Crippen molar-refractivity contribution >= 4 is 23.2 Å². The van der Waals surface area contributed by atoms with Crippen molar-refractivity contribution in [3.63, 3.8) is 0 Å². The summed E-state index contributed by atoms with van der Waals surface area (Å²) in [4.78, 5) is 10.9. The minimum absolute atomic E-state index is 0.368. The number of nitrogens with one attached hydrogen (secondary N) is 1. The summed E-state index contributed by atoms with van der Waals surface area (Å²) in [5, 5.41) is 16.9. The molecule has 1 N–H and O–H groups in total. The lowest BCUT2D eigenvalue weighted by atomic mass is 9.98. The molecule has 27 heavy (non-hydrogen) atoms. The Hall–Kier alpha value is -2.37. The fraction of sp³-hybridized carbons (Fsp3) is 0.556. The zero-order chi connectivity index (χ0) is 19.4. The number of piperidine rings is 1. The second kappa shape index (κ2) is 8.11. The Morgan fingerprint density at radius 3 is 2.81 bits per heavy atom. The molecule has 1 fully saturated rings. The molecule has 0 spiro atoms. The molecule has 3 rings (SSSR count). The number of ether oxygens (including phenoxy) is 1. The Labute approximate surface area is 164 Å². The highest BCUT2D eigenvalue weighted by molar-refractivity contribution is 6.31. The van der Waals surface area contributed by atoms with Crippen molar-refractivity contribution < 1.29 is 4.74 Å². The third-order valence-electron chi connectivity index (χ3n) is 4.69. The van der Waals surface area contributed by atoms with Crippen LogP contribution in [0.15, 0.2) is 18.6 Å². The molecule has 9 heteroatoms. The van der Waals surface area contributed by atoms with Crippen molar-refractivity contribution in [3.05, 3.63) is 23.6 Å². The highest BCUT2D eigenvalue weighted by Crippen LogP contribution is 2.26. The maximum Gasteiger partial charge on any atom is 0.237 e. The quantitative estimate of drug-likeness (QED) is 0.811. The molecule has 0 unspecified atom stereocenters. The van der Waals surface area contributed by atoms with Crippen LogP contribution in [0.1, 0.15) is 26.7 Å². The van der Waals surface area contributed by atoms with E-state index in [-0.39, 0.29) is 0 Å². The van der Waals surface area contributed by atoms with Crippen LogP contribution in [0.5, 0.6) is 5.88 Å². The molecule has 1 aliphatic heterocycles. The molecular formula is C18H24ClN7O. The summed E-state index contributed by atoms with van der Waals surface area (Å²) in [5.74, 6) is 1.25. The van der Waals surface area contributed by atoms with Crippen LogP contribution in [0.25, 0.3) is 0 Å². The second-order valence-electron chi connectivity index (χ2n) is 7.37. The Kier molecular flexibility index (Phi) is 5.82. The first-order valence-corrected chi connectivity index (χ1v) is 9.32. The van der Waals surface area contributed by atoms with Gasteiger partial charge in [0.2, 0.25) is 11.8 Å². The van der Waals surface area contributed by atoms with E-state index < -0.39 is 5.54 Å². The van der Waals surface area contributed by atoms with Crippen LogP contribution in [-0.2, 0) is 5.54 Å². The molecule has 144 valence electrons. The first kappa shape index (κ1) is 19.4. The van der Waals surface area contributed by atoms with Crippen LogP contribution in [0.3, 0.4) is 0 Å². The lowest BCUT2D eigenvalue weighted by Gasteiger charge is -2.28. The van der Waals surface area contributed by atoms with Crippen molar-refractivity contribution in [2.24, 2.45) is 5.92 Å². The van der Waals surface area contributed by atoms with E-state index >= 15 is 0 Å². The van der Waals surface area contributed by atoms with Gasteiger partial charge in [0.1, 0.15) is 10.6 Å².